The fraction of sp³-hybridized carbons (Fsp3) is 0.962. The highest BCUT2D eigenvalue weighted by Crippen LogP contribution is 2.67. The first kappa shape index (κ1) is 46.4. The van der Waals surface area contributed by atoms with Gasteiger partial charge in [0.15, 0.2) is 0 Å². The summed E-state index contributed by atoms with van der Waals surface area (Å²) in [6.07, 6.45) is 53.8. The molecule has 0 aromatic rings. The van der Waals surface area contributed by atoms with Crippen LogP contribution in [0.1, 0.15) is 266 Å². The highest BCUT2D eigenvalue weighted by Gasteiger charge is 2.59. The van der Waals surface area contributed by atoms with Crippen LogP contribution in [0.15, 0.2) is 11.6 Å². The molecule has 0 unspecified atom stereocenters. The maximum Gasteiger partial charge on any atom is 0.0612 e. The number of hydrogen-bond donors (Lipinski definition) is 0. The Hall–Kier alpha value is -0.300. The Morgan fingerprint density at radius 1 is 0.574 bits per heavy atom. The maximum atomic E-state index is 6.59. The number of hydrogen-bond acceptors (Lipinski definition) is 1. The lowest BCUT2D eigenvalue weighted by molar-refractivity contribution is -0.0641. The van der Waals surface area contributed by atoms with Crippen LogP contribution in [-0.2, 0) is 4.74 Å². The van der Waals surface area contributed by atoms with Gasteiger partial charge in [-0.3, -0.25) is 0 Å². The van der Waals surface area contributed by atoms with E-state index in [-0.39, 0.29) is 0 Å². The van der Waals surface area contributed by atoms with Crippen molar-refractivity contribution in [3.8, 4) is 0 Å². The molecule has 0 radical (unpaired) electrons. The van der Waals surface area contributed by atoms with E-state index in [4.69, 9.17) is 4.74 Å². The minimum Gasteiger partial charge on any atom is -0.378 e. The van der Waals surface area contributed by atoms with Gasteiger partial charge in [0.05, 0.1) is 6.10 Å². The van der Waals surface area contributed by atoms with Crippen LogP contribution < -0.4 is 0 Å². The van der Waals surface area contributed by atoms with Crippen molar-refractivity contribution in [3.05, 3.63) is 11.6 Å². The normalized spacial score (nSPS) is 29.9. The van der Waals surface area contributed by atoms with Crippen LogP contribution in [0.25, 0.3) is 0 Å². The van der Waals surface area contributed by atoms with Gasteiger partial charge in [0.1, 0.15) is 0 Å². The van der Waals surface area contributed by atoms with Crippen molar-refractivity contribution >= 4 is 0 Å². The average molecular weight is 751 g/mol. The lowest BCUT2D eigenvalue weighted by Crippen LogP contribution is -2.51. The second-order valence-electron chi connectivity index (χ2n) is 21.2. The lowest BCUT2D eigenvalue weighted by atomic mass is 9.47. The SMILES string of the molecule is CCCCCCCCCCCCCCCCCCCCCCCCCCO[C@H]1CC[C@@]2(C)C(=CC[C@H]3[C@@H]4CC[C@H]([C@H](C)CCCC(C)C)[C@@]4(C)CC[C@@H]32)C1. The fourth-order valence-electron chi connectivity index (χ4n) is 13.1. The molecule has 54 heavy (non-hydrogen) atoms. The Morgan fingerprint density at radius 2 is 1.09 bits per heavy atom. The third kappa shape index (κ3) is 14.8. The monoisotopic (exact) mass is 751 g/mol. The zero-order valence-corrected chi connectivity index (χ0v) is 38.0. The van der Waals surface area contributed by atoms with Crippen molar-refractivity contribution < 1.29 is 4.74 Å². The molecular weight excluding hydrogens is 653 g/mol. The summed E-state index contributed by atoms with van der Waals surface area (Å²) in [5, 5.41) is 0. The second kappa shape index (κ2) is 25.9. The van der Waals surface area contributed by atoms with E-state index in [1.54, 1.807) is 5.57 Å². The Labute approximate surface area is 340 Å². The topological polar surface area (TPSA) is 9.23 Å². The number of unbranched alkanes of at least 4 members (excludes halogenated alkanes) is 23. The Balaban J connectivity index is 0.952. The molecule has 316 valence electrons. The third-order valence-corrected chi connectivity index (χ3v) is 16.6. The standard InChI is InChI=1S/C53H98O/c1-7-8-9-10-11-12-13-14-15-16-17-18-19-20-21-22-23-24-25-26-27-28-29-30-42-54-47-38-40-52(5)46(43-47)34-35-48-50-37-36-49(45(4)33-31-32-44(2)3)53(50,6)41-39-51(48)52/h34,44-45,47-51H,7-33,35-43H2,1-6H3/t45-,47+,48+,49-,50+,51+,52+,53-/m1/s1. The molecule has 0 aromatic carbocycles. The molecule has 1 heteroatoms. The molecule has 0 aromatic heterocycles. The number of ether oxygens (including phenoxy) is 1. The highest BCUT2D eigenvalue weighted by atomic mass is 16.5. The van der Waals surface area contributed by atoms with Crippen molar-refractivity contribution in [1.29, 1.82) is 0 Å². The molecule has 4 aliphatic carbocycles. The van der Waals surface area contributed by atoms with Crippen molar-refractivity contribution in [1.82, 2.24) is 0 Å². The Kier molecular flexibility index (Phi) is 22.3. The van der Waals surface area contributed by atoms with Gasteiger partial charge in [-0.25, -0.2) is 0 Å². The number of rotatable bonds is 31. The average Bonchev–Trinajstić information content (AvgIpc) is 3.52. The fourth-order valence-corrected chi connectivity index (χ4v) is 13.1. The van der Waals surface area contributed by atoms with Crippen molar-refractivity contribution in [2.75, 3.05) is 6.61 Å². The molecule has 4 aliphatic rings. The Morgan fingerprint density at radius 3 is 1.61 bits per heavy atom. The van der Waals surface area contributed by atoms with E-state index in [2.05, 4.69) is 47.6 Å². The highest BCUT2D eigenvalue weighted by molar-refractivity contribution is 5.25. The van der Waals surface area contributed by atoms with Gasteiger partial charge in [-0.15, -0.1) is 0 Å². The van der Waals surface area contributed by atoms with Crippen molar-refractivity contribution in [2.45, 2.75) is 272 Å². The molecule has 0 aliphatic heterocycles. The van der Waals surface area contributed by atoms with E-state index in [1.165, 1.54) is 225 Å². The van der Waals surface area contributed by atoms with Gasteiger partial charge < -0.3 is 4.74 Å². The van der Waals surface area contributed by atoms with Gasteiger partial charge in [0.25, 0.3) is 0 Å². The molecule has 3 saturated carbocycles. The summed E-state index contributed by atoms with van der Waals surface area (Å²) in [5.74, 6) is 5.59. The summed E-state index contributed by atoms with van der Waals surface area (Å²) in [7, 11) is 0. The lowest BCUT2D eigenvalue weighted by Gasteiger charge is -2.58. The van der Waals surface area contributed by atoms with Crippen LogP contribution in [-0.4, -0.2) is 12.7 Å². The smallest absolute Gasteiger partial charge is 0.0612 e. The van der Waals surface area contributed by atoms with Crippen LogP contribution in [0.5, 0.6) is 0 Å². The minimum absolute atomic E-state index is 0.455. The van der Waals surface area contributed by atoms with Gasteiger partial charge >= 0.3 is 0 Å². The van der Waals surface area contributed by atoms with E-state index in [1.807, 2.05) is 0 Å². The van der Waals surface area contributed by atoms with E-state index >= 15 is 0 Å². The molecule has 0 heterocycles. The zero-order chi connectivity index (χ0) is 38.5. The maximum absolute atomic E-state index is 6.59. The van der Waals surface area contributed by atoms with E-state index in [0.717, 1.165) is 42.1 Å². The molecule has 1 nitrogen and oxygen atoms in total. The van der Waals surface area contributed by atoms with E-state index < -0.39 is 0 Å². The van der Waals surface area contributed by atoms with Gasteiger partial charge in [-0.05, 0) is 104 Å². The number of allylic oxidation sites excluding steroid dienone is 1. The first-order valence-electron chi connectivity index (χ1n) is 25.6. The molecule has 0 saturated heterocycles. The van der Waals surface area contributed by atoms with E-state index in [0.29, 0.717) is 16.9 Å². The molecule has 8 atom stereocenters. The molecule has 4 rings (SSSR count). The molecule has 0 bridgehead atoms. The summed E-state index contributed by atoms with van der Waals surface area (Å²) in [6.45, 7) is 16.2. The quantitative estimate of drug-likeness (QED) is 0.0506. The van der Waals surface area contributed by atoms with Crippen LogP contribution in [0, 0.1) is 46.3 Å². The summed E-state index contributed by atoms with van der Waals surface area (Å²) in [5.41, 5.74) is 2.86. The predicted octanol–water partition coefficient (Wildman–Crippen LogP) is 17.8. The van der Waals surface area contributed by atoms with Crippen molar-refractivity contribution in [3.63, 3.8) is 0 Å². The minimum atomic E-state index is 0.455. The van der Waals surface area contributed by atoms with E-state index in [9.17, 15) is 0 Å². The van der Waals surface area contributed by atoms with Gasteiger partial charge in [-0.2, -0.15) is 0 Å². The van der Waals surface area contributed by atoms with Crippen LogP contribution >= 0.6 is 0 Å². The predicted molar refractivity (Wildman–Crippen MR) is 239 cm³/mol. The van der Waals surface area contributed by atoms with Gasteiger partial charge in [0.2, 0.25) is 0 Å². The van der Waals surface area contributed by atoms with Gasteiger partial charge in [-0.1, -0.05) is 220 Å². The third-order valence-electron chi connectivity index (χ3n) is 16.6. The summed E-state index contributed by atoms with van der Waals surface area (Å²) in [4.78, 5) is 0. The van der Waals surface area contributed by atoms with Crippen LogP contribution in [0.3, 0.4) is 0 Å². The number of fused-ring (bicyclic) bond motifs is 5. The van der Waals surface area contributed by atoms with Crippen LogP contribution in [0.4, 0.5) is 0 Å². The Bertz CT molecular complexity index is 980. The van der Waals surface area contributed by atoms with Gasteiger partial charge in [0, 0.05) is 6.61 Å². The van der Waals surface area contributed by atoms with Crippen LogP contribution in [0.2, 0.25) is 0 Å². The van der Waals surface area contributed by atoms with Crippen molar-refractivity contribution in [2.24, 2.45) is 46.3 Å². The first-order chi connectivity index (χ1) is 26.3. The second-order valence-corrected chi connectivity index (χ2v) is 21.2. The zero-order valence-electron chi connectivity index (χ0n) is 38.0. The summed E-state index contributed by atoms with van der Waals surface area (Å²) in [6, 6.07) is 0. The summed E-state index contributed by atoms with van der Waals surface area (Å²) >= 11 is 0. The molecular formula is C53H98O. The molecule has 0 amide bonds. The first-order valence-corrected chi connectivity index (χ1v) is 25.6. The largest absolute Gasteiger partial charge is 0.378 e. The summed E-state index contributed by atoms with van der Waals surface area (Å²) < 4.78 is 6.59. The molecule has 3 fully saturated rings. The molecule has 0 N–H and O–H groups in total. The molecule has 0 spiro atoms.